The van der Waals surface area contributed by atoms with Crippen molar-refractivity contribution in [2.24, 2.45) is 0 Å². The molecule has 0 aliphatic carbocycles. The summed E-state index contributed by atoms with van der Waals surface area (Å²) in [5.74, 6) is -0.171. The second-order valence-electron chi connectivity index (χ2n) is 1.26. The predicted molar refractivity (Wildman–Crippen MR) is 31.8 cm³/mol. The van der Waals surface area contributed by atoms with E-state index in [1.165, 1.54) is 0 Å². The molecule has 1 N–H and O–H groups in total. The third kappa shape index (κ3) is 1.07. The third-order valence-corrected chi connectivity index (χ3v) is 1.26. The van der Waals surface area contributed by atoms with Gasteiger partial charge in [-0.2, -0.15) is 0 Å². The van der Waals surface area contributed by atoms with Crippen LogP contribution in [0.3, 0.4) is 0 Å². The molecule has 0 unspecified atom stereocenters. The monoisotopic (exact) mass is 190 g/mol. The molecular formula is C3HBrN3O2. The first-order valence-electron chi connectivity index (χ1n) is 1.97. The van der Waals surface area contributed by atoms with Crippen LogP contribution in [0.1, 0.15) is 0 Å². The van der Waals surface area contributed by atoms with Crippen molar-refractivity contribution in [2.45, 2.75) is 0 Å². The summed E-state index contributed by atoms with van der Waals surface area (Å²) >= 11 is 2.88. The molecule has 5 nitrogen and oxygen atoms in total. The molecule has 6 heteroatoms. The fraction of sp³-hybridized carbons (Fsp3) is 0. The first kappa shape index (κ1) is 6.21. The number of hydrogen-bond acceptors (Lipinski definition) is 3. The van der Waals surface area contributed by atoms with E-state index in [1.807, 2.05) is 0 Å². The summed E-state index contributed by atoms with van der Waals surface area (Å²) in [7, 11) is 0. The number of rotatable bonds is 1. The Balaban J connectivity index is 3.08. The van der Waals surface area contributed by atoms with E-state index in [0.29, 0.717) is 0 Å². The standard InChI is InChI=1S/C3HBrN3O2/c4-2-1-5-6-3(2)7(8)9/h(H,5,6). The number of nitro groups is 1. The molecule has 0 bridgehead atoms. The molecule has 1 aromatic heterocycles. The molecule has 0 atom stereocenters. The smallest absolute Gasteiger partial charge is 0.357 e. The van der Waals surface area contributed by atoms with Crippen LogP contribution < -0.4 is 0 Å². The number of H-pyrrole nitrogens is 1. The molecular weight excluding hydrogens is 190 g/mol. The summed E-state index contributed by atoms with van der Waals surface area (Å²) in [6.07, 6.45) is 2.32. The van der Waals surface area contributed by atoms with Gasteiger partial charge in [-0.1, -0.05) is 5.10 Å². The van der Waals surface area contributed by atoms with E-state index >= 15 is 0 Å². The lowest BCUT2D eigenvalue weighted by atomic mass is 10.7. The first-order valence-corrected chi connectivity index (χ1v) is 2.77. The molecule has 0 amide bonds. The zero-order valence-electron chi connectivity index (χ0n) is 4.09. The lowest BCUT2D eigenvalue weighted by Crippen LogP contribution is -1.87. The van der Waals surface area contributed by atoms with E-state index in [1.54, 1.807) is 0 Å². The highest BCUT2D eigenvalue weighted by molar-refractivity contribution is 9.10. The van der Waals surface area contributed by atoms with Crippen LogP contribution in [0.25, 0.3) is 0 Å². The number of halogens is 1. The van der Waals surface area contributed by atoms with Gasteiger partial charge in [-0.25, -0.2) is 0 Å². The van der Waals surface area contributed by atoms with Crippen LogP contribution >= 0.6 is 15.9 Å². The van der Waals surface area contributed by atoms with Crippen molar-refractivity contribution >= 4 is 21.7 Å². The van der Waals surface area contributed by atoms with E-state index in [-0.39, 0.29) is 10.3 Å². The van der Waals surface area contributed by atoms with Crippen molar-refractivity contribution in [3.05, 3.63) is 20.8 Å². The lowest BCUT2D eigenvalue weighted by Gasteiger charge is -1.85. The number of aromatic nitrogens is 2. The van der Waals surface area contributed by atoms with Crippen molar-refractivity contribution < 1.29 is 4.92 Å². The van der Waals surface area contributed by atoms with Crippen molar-refractivity contribution in [2.75, 3.05) is 0 Å². The van der Waals surface area contributed by atoms with Gasteiger partial charge in [-0.05, 0) is 20.9 Å². The highest BCUT2D eigenvalue weighted by Crippen LogP contribution is 2.18. The zero-order chi connectivity index (χ0) is 6.85. The molecule has 1 heterocycles. The molecule has 0 fully saturated rings. The second kappa shape index (κ2) is 2.14. The molecule has 0 aromatic carbocycles. The van der Waals surface area contributed by atoms with E-state index < -0.39 is 4.92 Å². The number of hydrogen-bond donors (Lipinski definition) is 1. The molecule has 0 spiro atoms. The van der Waals surface area contributed by atoms with Crippen LogP contribution in [-0.4, -0.2) is 15.1 Å². The van der Waals surface area contributed by atoms with Gasteiger partial charge in [0.15, 0.2) is 6.20 Å². The summed E-state index contributed by atoms with van der Waals surface area (Å²) in [6, 6.07) is 0. The van der Waals surface area contributed by atoms with Crippen LogP contribution in [0, 0.1) is 16.3 Å². The van der Waals surface area contributed by atoms with Crippen LogP contribution in [0.2, 0.25) is 0 Å². The Morgan fingerprint density at radius 3 is 2.78 bits per heavy atom. The Kier molecular flexibility index (Phi) is 1.48. The zero-order valence-corrected chi connectivity index (χ0v) is 5.67. The Bertz CT molecular complexity index is 233. The van der Waals surface area contributed by atoms with E-state index in [0.717, 1.165) is 0 Å². The fourth-order valence-corrected chi connectivity index (χ4v) is 0.675. The van der Waals surface area contributed by atoms with Gasteiger partial charge in [0.2, 0.25) is 0 Å². The predicted octanol–water partition coefficient (Wildman–Crippen LogP) is 0.881. The van der Waals surface area contributed by atoms with E-state index in [2.05, 4.69) is 32.3 Å². The Morgan fingerprint density at radius 2 is 2.56 bits per heavy atom. The topological polar surface area (TPSA) is 71.8 Å². The number of nitrogens with one attached hydrogen (secondary N) is 1. The SMILES string of the molecule is O=[N+]([O-])c1[nH]n[c]c1Br. The summed E-state index contributed by atoms with van der Waals surface area (Å²) in [4.78, 5) is 9.39. The van der Waals surface area contributed by atoms with Crippen LogP contribution in [0.4, 0.5) is 5.82 Å². The molecule has 9 heavy (non-hydrogen) atoms. The number of aromatic amines is 1. The van der Waals surface area contributed by atoms with Crippen molar-refractivity contribution in [3.63, 3.8) is 0 Å². The molecule has 0 aliphatic heterocycles. The van der Waals surface area contributed by atoms with Gasteiger partial charge < -0.3 is 10.1 Å². The number of nitrogens with zero attached hydrogens (tertiary/aromatic N) is 2. The largest absolute Gasteiger partial charge is 0.358 e. The van der Waals surface area contributed by atoms with Gasteiger partial charge in [0.1, 0.15) is 4.47 Å². The molecule has 0 saturated heterocycles. The quantitative estimate of drug-likeness (QED) is 0.528. The fourth-order valence-electron chi connectivity index (χ4n) is 0.353. The van der Waals surface area contributed by atoms with Gasteiger partial charge in [-0.3, -0.25) is 0 Å². The Morgan fingerprint density at radius 1 is 1.89 bits per heavy atom. The van der Waals surface area contributed by atoms with E-state index in [4.69, 9.17) is 0 Å². The summed E-state index contributed by atoms with van der Waals surface area (Å²) in [5.41, 5.74) is 0. The van der Waals surface area contributed by atoms with Gasteiger partial charge in [0.25, 0.3) is 0 Å². The minimum Gasteiger partial charge on any atom is -0.358 e. The van der Waals surface area contributed by atoms with E-state index in [9.17, 15) is 10.1 Å². The summed E-state index contributed by atoms with van der Waals surface area (Å²) < 4.78 is 0.243. The van der Waals surface area contributed by atoms with Crippen molar-refractivity contribution in [3.8, 4) is 0 Å². The van der Waals surface area contributed by atoms with Crippen LogP contribution in [0.5, 0.6) is 0 Å². The molecule has 1 radical (unpaired) electrons. The third-order valence-electron chi connectivity index (χ3n) is 0.706. The second-order valence-corrected chi connectivity index (χ2v) is 2.05. The molecule has 1 rings (SSSR count). The van der Waals surface area contributed by atoms with Gasteiger partial charge in [0, 0.05) is 0 Å². The van der Waals surface area contributed by atoms with Crippen molar-refractivity contribution in [1.29, 1.82) is 0 Å². The summed E-state index contributed by atoms with van der Waals surface area (Å²) in [6.45, 7) is 0. The van der Waals surface area contributed by atoms with Crippen molar-refractivity contribution in [1.82, 2.24) is 10.2 Å². The first-order chi connectivity index (χ1) is 4.22. The summed E-state index contributed by atoms with van der Waals surface area (Å²) in [5, 5.41) is 15.4. The van der Waals surface area contributed by atoms with Gasteiger partial charge in [-0.15, -0.1) is 5.10 Å². The molecule has 1 aromatic rings. The Labute approximate surface area is 58.3 Å². The molecule has 47 valence electrons. The van der Waals surface area contributed by atoms with Crippen LogP contribution in [-0.2, 0) is 0 Å². The molecule has 0 aliphatic rings. The highest BCUT2D eigenvalue weighted by atomic mass is 79.9. The van der Waals surface area contributed by atoms with Gasteiger partial charge >= 0.3 is 5.82 Å². The maximum absolute atomic E-state index is 9.97. The lowest BCUT2D eigenvalue weighted by molar-refractivity contribution is -0.390. The minimum atomic E-state index is -0.576. The maximum atomic E-state index is 9.97. The van der Waals surface area contributed by atoms with Gasteiger partial charge in [0.05, 0.1) is 0 Å². The average Bonchev–Trinajstić information content (AvgIpc) is 2.13. The normalized spacial score (nSPS) is 9.44. The average molecular weight is 191 g/mol. The minimum absolute atomic E-state index is 0.171. The Hall–Kier alpha value is -0.910. The van der Waals surface area contributed by atoms with Crippen LogP contribution in [0.15, 0.2) is 4.47 Å². The molecule has 0 saturated carbocycles. The maximum Gasteiger partial charge on any atom is 0.357 e. The highest BCUT2D eigenvalue weighted by Gasteiger charge is 2.10.